The van der Waals surface area contributed by atoms with E-state index in [9.17, 15) is 26.7 Å². The van der Waals surface area contributed by atoms with E-state index in [4.69, 9.17) is 9.84 Å². The first-order valence-corrected chi connectivity index (χ1v) is 5.69. The number of rotatable bonds is 5. The second-order valence-corrected chi connectivity index (χ2v) is 3.96. The molecule has 0 spiro atoms. The van der Waals surface area contributed by atoms with Gasteiger partial charge in [-0.25, -0.2) is 9.78 Å². The lowest BCUT2D eigenvalue weighted by atomic mass is 10.2. The van der Waals surface area contributed by atoms with Gasteiger partial charge in [0.2, 0.25) is 5.88 Å². The van der Waals surface area contributed by atoms with Crippen molar-refractivity contribution in [3.8, 4) is 5.88 Å². The number of aromatic nitrogens is 5. The number of pyridine rings is 1. The van der Waals surface area contributed by atoms with Gasteiger partial charge in [-0.3, -0.25) is 0 Å². The van der Waals surface area contributed by atoms with Gasteiger partial charge in [0.05, 0.1) is 0 Å². The summed E-state index contributed by atoms with van der Waals surface area (Å²) in [5, 5.41) is 18.0. The summed E-state index contributed by atoms with van der Waals surface area (Å²) in [4.78, 5) is 14.0. The maximum Gasteiger partial charge on any atom is 0.433 e. The molecule has 0 aromatic carbocycles. The number of carboxylic acid groups (broad SMARTS) is 1. The molecule has 1 N–H and O–H groups in total. The molecule has 0 aliphatic rings. The second kappa shape index (κ2) is 6.10. The van der Waals surface area contributed by atoms with Crippen LogP contribution in [0.3, 0.4) is 0 Å². The lowest BCUT2D eigenvalue weighted by Gasteiger charge is -2.11. The van der Waals surface area contributed by atoms with E-state index in [1.54, 1.807) is 0 Å². The van der Waals surface area contributed by atoms with Gasteiger partial charge >= 0.3 is 18.7 Å². The van der Waals surface area contributed by atoms with E-state index in [1.165, 1.54) is 0 Å². The van der Waals surface area contributed by atoms with Gasteiger partial charge in [-0.2, -0.15) is 26.6 Å². The largest absolute Gasteiger partial charge is 0.477 e. The third-order valence-electron chi connectivity index (χ3n) is 2.46. The molecule has 2 rings (SSSR count). The smallest absolute Gasteiger partial charge is 0.433 e. The minimum absolute atomic E-state index is 0.0635. The zero-order valence-corrected chi connectivity index (χ0v) is 10.8. The summed E-state index contributed by atoms with van der Waals surface area (Å²) in [6.45, 7) is -3.90. The van der Waals surface area contributed by atoms with Crippen LogP contribution in [0.2, 0.25) is 0 Å². The summed E-state index contributed by atoms with van der Waals surface area (Å²) in [7, 11) is 0. The molecule has 2 heterocycles. The van der Waals surface area contributed by atoms with Gasteiger partial charge in [-0.15, -0.1) is 5.10 Å². The highest BCUT2D eigenvalue weighted by Gasteiger charge is 2.34. The molecule has 0 aliphatic heterocycles. The van der Waals surface area contributed by atoms with Gasteiger partial charge in [-0.05, 0) is 22.6 Å². The Morgan fingerprint density at radius 3 is 2.61 bits per heavy atom. The summed E-state index contributed by atoms with van der Waals surface area (Å²) in [5.41, 5.74) is -2.07. The van der Waals surface area contributed by atoms with Gasteiger partial charge in [0.15, 0.2) is 12.4 Å². The van der Waals surface area contributed by atoms with E-state index >= 15 is 0 Å². The Hall–Kier alpha value is -2.86. The normalized spacial score (nSPS) is 11.7. The second-order valence-electron chi connectivity index (χ2n) is 3.96. The van der Waals surface area contributed by atoms with Crippen molar-refractivity contribution in [2.24, 2.45) is 0 Å². The van der Waals surface area contributed by atoms with Crippen molar-refractivity contribution in [3.05, 3.63) is 29.2 Å². The fourth-order valence-corrected chi connectivity index (χ4v) is 1.46. The molecule has 0 radical (unpaired) electrons. The molecule has 0 bridgehead atoms. The summed E-state index contributed by atoms with van der Waals surface area (Å²) in [5.74, 6) is -3.01. The zero-order valence-electron chi connectivity index (χ0n) is 10.8. The highest BCUT2D eigenvalue weighted by molar-refractivity contribution is 5.90. The van der Waals surface area contributed by atoms with E-state index in [-0.39, 0.29) is 4.68 Å². The van der Waals surface area contributed by atoms with Crippen molar-refractivity contribution in [3.63, 3.8) is 0 Å². The molecule has 0 aliphatic carbocycles. The van der Waals surface area contributed by atoms with Crippen LogP contribution in [0.1, 0.15) is 28.4 Å². The Labute approximate surface area is 123 Å². The molecule has 0 unspecified atom stereocenters. The fourth-order valence-electron chi connectivity index (χ4n) is 1.46. The van der Waals surface area contributed by atoms with Crippen molar-refractivity contribution in [1.82, 2.24) is 25.2 Å². The monoisotopic (exact) mass is 339 g/mol. The Kier molecular flexibility index (Phi) is 4.38. The number of hydrogen-bond acceptors (Lipinski definition) is 6. The first-order valence-electron chi connectivity index (χ1n) is 5.69. The predicted molar refractivity (Wildman–Crippen MR) is 59.6 cm³/mol. The van der Waals surface area contributed by atoms with E-state index in [0.29, 0.717) is 12.1 Å². The molecule has 0 saturated carbocycles. The minimum atomic E-state index is -4.83. The van der Waals surface area contributed by atoms with Gasteiger partial charge in [0.25, 0.3) is 0 Å². The van der Waals surface area contributed by atoms with E-state index < -0.39 is 48.3 Å². The zero-order chi connectivity index (χ0) is 17.2. The molecule has 124 valence electrons. The number of alkyl halides is 5. The summed E-state index contributed by atoms with van der Waals surface area (Å²) in [6.07, 6.45) is -4.83. The quantitative estimate of drug-likeness (QED) is 0.828. The van der Waals surface area contributed by atoms with Crippen molar-refractivity contribution in [2.75, 3.05) is 0 Å². The molecule has 8 nitrogen and oxygen atoms in total. The highest BCUT2D eigenvalue weighted by atomic mass is 19.4. The van der Waals surface area contributed by atoms with Crippen LogP contribution in [-0.4, -0.2) is 36.3 Å². The fraction of sp³-hybridized carbons (Fsp3) is 0.300. The SMILES string of the molecule is O=C(O)c1ccc(C(F)(F)F)nc1OCc1nnnn1C(F)F. The Balaban J connectivity index is 2.30. The van der Waals surface area contributed by atoms with Crippen LogP contribution in [0, 0.1) is 0 Å². The third kappa shape index (κ3) is 3.67. The molecule has 23 heavy (non-hydrogen) atoms. The molecule has 0 atom stereocenters. The topological polar surface area (TPSA) is 103 Å². The Morgan fingerprint density at radius 1 is 1.35 bits per heavy atom. The maximum atomic E-state index is 12.6. The van der Waals surface area contributed by atoms with Crippen LogP contribution in [-0.2, 0) is 12.8 Å². The number of ether oxygens (including phenoxy) is 1. The average Bonchev–Trinajstić information content (AvgIpc) is 2.92. The van der Waals surface area contributed by atoms with Crippen LogP contribution in [0.5, 0.6) is 5.88 Å². The van der Waals surface area contributed by atoms with Gasteiger partial charge < -0.3 is 9.84 Å². The van der Waals surface area contributed by atoms with Gasteiger partial charge in [0, 0.05) is 0 Å². The van der Waals surface area contributed by atoms with Crippen LogP contribution in [0.15, 0.2) is 12.1 Å². The molecule has 0 fully saturated rings. The Bertz CT molecular complexity index is 717. The summed E-state index contributed by atoms with van der Waals surface area (Å²) < 4.78 is 67.6. The summed E-state index contributed by atoms with van der Waals surface area (Å²) in [6, 6.07) is 1.10. The first kappa shape index (κ1) is 16.5. The molecule has 13 heteroatoms. The van der Waals surface area contributed by atoms with Crippen molar-refractivity contribution >= 4 is 5.97 Å². The predicted octanol–water partition coefficient (Wildman–Crippen LogP) is 1.76. The average molecular weight is 339 g/mol. The molecular weight excluding hydrogens is 333 g/mol. The van der Waals surface area contributed by atoms with Crippen molar-refractivity contribution in [2.45, 2.75) is 19.3 Å². The number of carbonyl (C=O) groups is 1. The lowest BCUT2D eigenvalue weighted by molar-refractivity contribution is -0.141. The molecular formula is C10H6F5N5O3. The summed E-state index contributed by atoms with van der Waals surface area (Å²) >= 11 is 0. The van der Waals surface area contributed by atoms with Crippen LogP contribution >= 0.6 is 0 Å². The first-order chi connectivity index (χ1) is 10.7. The maximum absolute atomic E-state index is 12.6. The van der Waals surface area contributed by atoms with E-state index in [0.717, 1.165) is 0 Å². The van der Waals surface area contributed by atoms with Crippen molar-refractivity contribution in [1.29, 1.82) is 0 Å². The third-order valence-corrected chi connectivity index (χ3v) is 2.46. The van der Waals surface area contributed by atoms with Crippen molar-refractivity contribution < 1.29 is 36.6 Å². The number of carboxylic acids is 1. The Morgan fingerprint density at radius 2 is 2.04 bits per heavy atom. The van der Waals surface area contributed by atoms with Gasteiger partial charge in [0.1, 0.15) is 11.3 Å². The van der Waals surface area contributed by atoms with Crippen LogP contribution in [0.4, 0.5) is 22.0 Å². The standard InChI is InChI=1S/C10H6F5N5O3/c11-9(12)20-6(17-18-19-20)3-23-7-4(8(21)22)1-2-5(16-7)10(13,14)15/h1-2,9H,3H2,(H,21,22). The van der Waals surface area contributed by atoms with E-state index in [2.05, 4.69) is 20.5 Å². The number of hydrogen-bond donors (Lipinski definition) is 1. The molecule has 0 saturated heterocycles. The van der Waals surface area contributed by atoms with Crippen LogP contribution in [0.25, 0.3) is 0 Å². The lowest BCUT2D eigenvalue weighted by Crippen LogP contribution is -2.14. The number of tetrazole rings is 1. The molecule has 2 aromatic rings. The number of nitrogens with zero attached hydrogens (tertiary/aromatic N) is 5. The molecule has 2 aromatic heterocycles. The number of aromatic carboxylic acids is 1. The van der Waals surface area contributed by atoms with Gasteiger partial charge in [-0.1, -0.05) is 0 Å². The molecule has 0 amide bonds. The highest BCUT2D eigenvalue weighted by Crippen LogP contribution is 2.30. The number of halogens is 5. The van der Waals surface area contributed by atoms with Crippen LogP contribution < -0.4 is 4.74 Å². The van der Waals surface area contributed by atoms with E-state index in [1.807, 2.05) is 0 Å². The minimum Gasteiger partial charge on any atom is -0.477 e.